The zero-order valence-electron chi connectivity index (χ0n) is 11.1. The summed E-state index contributed by atoms with van der Waals surface area (Å²) in [6.45, 7) is 5.22. The topological polar surface area (TPSA) is 90.8 Å². The van der Waals surface area contributed by atoms with Gasteiger partial charge in [0, 0.05) is 30.2 Å². The molecule has 0 fully saturated rings. The zero-order valence-corrected chi connectivity index (χ0v) is 11.1. The molecule has 102 valence electrons. The maximum Gasteiger partial charge on any atom is 0.241 e. The lowest BCUT2D eigenvalue weighted by atomic mass is 10.4. The summed E-state index contributed by atoms with van der Waals surface area (Å²) in [7, 11) is 0. The fourth-order valence-corrected chi connectivity index (χ4v) is 1.82. The van der Waals surface area contributed by atoms with E-state index < -0.39 is 0 Å². The van der Waals surface area contributed by atoms with Crippen LogP contribution in [0.2, 0.25) is 0 Å². The van der Waals surface area contributed by atoms with Crippen LogP contribution >= 0.6 is 0 Å². The second kappa shape index (κ2) is 5.55. The van der Waals surface area contributed by atoms with Crippen LogP contribution in [0.15, 0.2) is 18.3 Å². The molecule has 2 aromatic rings. The predicted molar refractivity (Wildman–Crippen MR) is 71.4 cm³/mol. The molecule has 7 nitrogen and oxygen atoms in total. The van der Waals surface area contributed by atoms with Crippen LogP contribution in [0.1, 0.15) is 11.4 Å². The average Bonchev–Trinajstić information content (AvgIpc) is 2.86. The van der Waals surface area contributed by atoms with Crippen LogP contribution < -0.4 is 11.1 Å². The van der Waals surface area contributed by atoms with Gasteiger partial charge in [-0.1, -0.05) is 0 Å². The number of nitrogens with zero attached hydrogens (tertiary/aromatic N) is 4. The maximum atomic E-state index is 11.7. The Morgan fingerprint density at radius 1 is 1.37 bits per heavy atom. The van der Waals surface area contributed by atoms with Gasteiger partial charge in [0.15, 0.2) is 0 Å². The van der Waals surface area contributed by atoms with Crippen LogP contribution in [0.3, 0.4) is 0 Å². The molecule has 0 spiro atoms. The molecule has 7 heteroatoms. The summed E-state index contributed by atoms with van der Waals surface area (Å²) in [5, 5.41) is 11.0. The van der Waals surface area contributed by atoms with Crippen molar-refractivity contribution in [1.29, 1.82) is 0 Å². The normalized spacial score (nSPS) is 10.6. The van der Waals surface area contributed by atoms with Crippen LogP contribution in [-0.2, 0) is 17.9 Å². The predicted octanol–water partition coefficient (Wildman–Crippen LogP) is 0.0950. The lowest BCUT2D eigenvalue weighted by Gasteiger charge is -2.08. The molecule has 3 N–H and O–H groups in total. The maximum absolute atomic E-state index is 11.7. The van der Waals surface area contributed by atoms with E-state index in [2.05, 4.69) is 15.5 Å². The molecule has 0 aromatic carbocycles. The van der Waals surface area contributed by atoms with E-state index in [0.717, 1.165) is 11.4 Å². The lowest BCUT2D eigenvalue weighted by Crippen LogP contribution is -2.31. The second-order valence-corrected chi connectivity index (χ2v) is 4.41. The smallest absolute Gasteiger partial charge is 0.241 e. The number of nitrogens with one attached hydrogen (secondary N) is 1. The lowest BCUT2D eigenvalue weighted by molar-refractivity contribution is -0.121. The number of aromatic nitrogens is 4. The Morgan fingerprint density at radius 3 is 2.74 bits per heavy atom. The van der Waals surface area contributed by atoms with Crippen LogP contribution in [0.5, 0.6) is 0 Å². The van der Waals surface area contributed by atoms with E-state index in [1.807, 2.05) is 24.6 Å². The molecule has 0 aliphatic heterocycles. The summed E-state index contributed by atoms with van der Waals surface area (Å²) in [5.74, 6) is 0.341. The van der Waals surface area contributed by atoms with E-state index in [9.17, 15) is 4.79 Å². The minimum Gasteiger partial charge on any atom is -0.382 e. The molecule has 0 atom stereocenters. The number of hydrogen-bond donors (Lipinski definition) is 2. The van der Waals surface area contributed by atoms with Crippen molar-refractivity contribution in [1.82, 2.24) is 24.9 Å². The molecule has 2 rings (SSSR count). The zero-order chi connectivity index (χ0) is 13.8. The fourth-order valence-electron chi connectivity index (χ4n) is 1.82. The molecule has 0 aliphatic rings. The van der Waals surface area contributed by atoms with Crippen LogP contribution in [0, 0.1) is 13.8 Å². The largest absolute Gasteiger partial charge is 0.382 e. The Bertz CT molecular complexity index is 571. The highest BCUT2D eigenvalue weighted by molar-refractivity contribution is 5.75. The highest BCUT2D eigenvalue weighted by Crippen LogP contribution is 2.03. The van der Waals surface area contributed by atoms with E-state index in [1.54, 1.807) is 16.9 Å². The molecule has 1 amide bonds. The molecule has 0 saturated heterocycles. The fraction of sp³-hybridized carbons (Fsp3) is 0.417. The van der Waals surface area contributed by atoms with Gasteiger partial charge in [-0.2, -0.15) is 10.2 Å². The molecular weight excluding hydrogens is 244 g/mol. The van der Waals surface area contributed by atoms with E-state index in [-0.39, 0.29) is 12.5 Å². The first-order valence-corrected chi connectivity index (χ1v) is 6.11. The van der Waals surface area contributed by atoms with Crippen molar-refractivity contribution in [2.75, 3.05) is 12.3 Å². The summed E-state index contributed by atoms with van der Waals surface area (Å²) < 4.78 is 3.43. The van der Waals surface area contributed by atoms with Crippen molar-refractivity contribution in [3.8, 4) is 0 Å². The van der Waals surface area contributed by atoms with Crippen molar-refractivity contribution in [3.63, 3.8) is 0 Å². The van der Waals surface area contributed by atoms with Crippen LogP contribution in [0.25, 0.3) is 0 Å². The van der Waals surface area contributed by atoms with Gasteiger partial charge >= 0.3 is 0 Å². The van der Waals surface area contributed by atoms with E-state index in [4.69, 9.17) is 5.73 Å². The highest BCUT2D eigenvalue weighted by atomic mass is 16.2. The summed E-state index contributed by atoms with van der Waals surface area (Å²) in [6, 6.07) is 3.66. The van der Waals surface area contributed by atoms with Crippen molar-refractivity contribution in [2.24, 2.45) is 0 Å². The summed E-state index contributed by atoms with van der Waals surface area (Å²) in [6.07, 6.45) is 1.74. The molecule has 19 heavy (non-hydrogen) atoms. The Balaban J connectivity index is 1.79. The monoisotopic (exact) mass is 262 g/mol. The van der Waals surface area contributed by atoms with Gasteiger partial charge in [0.1, 0.15) is 12.4 Å². The number of carbonyl (C=O) groups is 1. The van der Waals surface area contributed by atoms with Gasteiger partial charge in [-0.25, -0.2) is 0 Å². The third-order valence-electron chi connectivity index (χ3n) is 2.87. The molecule has 2 aromatic heterocycles. The van der Waals surface area contributed by atoms with Crippen LogP contribution in [0.4, 0.5) is 5.82 Å². The Labute approximate surface area is 111 Å². The minimum atomic E-state index is -0.0870. The van der Waals surface area contributed by atoms with Crippen molar-refractivity contribution in [3.05, 3.63) is 29.7 Å². The molecule has 2 heterocycles. The molecule has 0 bridgehead atoms. The number of hydrogen-bond acceptors (Lipinski definition) is 4. The molecule has 0 aliphatic carbocycles. The third-order valence-corrected chi connectivity index (χ3v) is 2.87. The Morgan fingerprint density at radius 2 is 2.16 bits per heavy atom. The van der Waals surface area contributed by atoms with Gasteiger partial charge in [0.25, 0.3) is 0 Å². The van der Waals surface area contributed by atoms with Gasteiger partial charge in [0.2, 0.25) is 5.91 Å². The van der Waals surface area contributed by atoms with E-state index in [1.165, 1.54) is 0 Å². The number of aryl methyl sites for hydroxylation is 2. The Hall–Kier alpha value is -2.31. The van der Waals surface area contributed by atoms with Crippen LogP contribution in [-0.4, -0.2) is 32.0 Å². The number of carbonyl (C=O) groups excluding carboxylic acids is 1. The summed E-state index contributed by atoms with van der Waals surface area (Å²) in [4.78, 5) is 11.7. The van der Waals surface area contributed by atoms with Crippen molar-refractivity contribution in [2.45, 2.75) is 26.9 Å². The first-order valence-electron chi connectivity index (χ1n) is 6.11. The summed E-state index contributed by atoms with van der Waals surface area (Å²) in [5.41, 5.74) is 7.51. The molecule has 0 saturated carbocycles. The number of nitrogen functional groups attached to an aromatic ring is 1. The van der Waals surface area contributed by atoms with Gasteiger partial charge in [0.05, 0.1) is 6.54 Å². The quantitative estimate of drug-likeness (QED) is 0.799. The molecule has 0 radical (unpaired) electrons. The number of nitrogens with two attached hydrogens (primary N) is 1. The first kappa shape index (κ1) is 13.1. The second-order valence-electron chi connectivity index (χ2n) is 4.41. The third kappa shape index (κ3) is 3.34. The highest BCUT2D eigenvalue weighted by Gasteiger charge is 2.07. The SMILES string of the molecule is Cc1ccnn1CCNC(=O)Cn1nc(N)cc1C. The minimum absolute atomic E-state index is 0.0870. The average molecular weight is 262 g/mol. The van der Waals surface area contributed by atoms with Gasteiger partial charge in [-0.15, -0.1) is 0 Å². The molecular formula is C12H18N6O. The van der Waals surface area contributed by atoms with Gasteiger partial charge < -0.3 is 11.1 Å². The standard InChI is InChI=1S/C12H18N6O/c1-9-3-4-15-17(9)6-5-14-12(19)8-18-10(2)7-11(13)16-18/h3-4,7H,5-6,8H2,1-2H3,(H2,13,16)(H,14,19). The van der Waals surface area contributed by atoms with Crippen molar-refractivity contribution >= 4 is 11.7 Å². The van der Waals surface area contributed by atoms with E-state index in [0.29, 0.717) is 18.9 Å². The summed E-state index contributed by atoms with van der Waals surface area (Å²) >= 11 is 0. The molecule has 0 unspecified atom stereocenters. The number of rotatable bonds is 5. The number of anilines is 1. The Kier molecular flexibility index (Phi) is 3.84. The van der Waals surface area contributed by atoms with Gasteiger partial charge in [-0.3, -0.25) is 14.2 Å². The first-order chi connectivity index (χ1) is 9.06. The van der Waals surface area contributed by atoms with Gasteiger partial charge in [-0.05, 0) is 19.9 Å². The van der Waals surface area contributed by atoms with Crippen molar-refractivity contribution < 1.29 is 4.79 Å². The van der Waals surface area contributed by atoms with E-state index >= 15 is 0 Å². The number of amides is 1.